The van der Waals surface area contributed by atoms with E-state index in [0.29, 0.717) is 12.1 Å². The number of aliphatic hydroxyl groups excluding tert-OH is 1. The van der Waals surface area contributed by atoms with E-state index in [0.717, 1.165) is 0 Å². The van der Waals surface area contributed by atoms with Crippen LogP contribution in [0.3, 0.4) is 0 Å². The van der Waals surface area contributed by atoms with Gasteiger partial charge in [-0.3, -0.25) is 0 Å². The summed E-state index contributed by atoms with van der Waals surface area (Å²) in [6.45, 7) is 4.50. The molecule has 0 amide bonds. The number of sulfonamides is 1. The zero-order valence-corrected chi connectivity index (χ0v) is 13.7. The van der Waals surface area contributed by atoms with Crippen LogP contribution in [-0.2, 0) is 14.8 Å². The molecule has 0 fully saturated rings. The van der Waals surface area contributed by atoms with Crippen molar-refractivity contribution in [2.45, 2.75) is 20.0 Å². The summed E-state index contributed by atoms with van der Waals surface area (Å²) in [6, 6.07) is 9.09. The molecule has 0 radical (unpaired) electrons. The summed E-state index contributed by atoms with van der Waals surface area (Å²) in [5.41, 5.74) is 0.716. The molecule has 0 unspecified atom stereocenters. The fourth-order valence-corrected chi connectivity index (χ4v) is 3.53. The summed E-state index contributed by atoms with van der Waals surface area (Å²) in [4.78, 5) is 0. The van der Waals surface area contributed by atoms with E-state index in [1.54, 1.807) is 12.1 Å². The number of hydrogen-bond donors (Lipinski definition) is 1. The standard InChI is InChI=1S/C15H25NO4S/c1-13(2)11-16(21(18,19)10-9-20-3)12-15(17)14-7-5-4-6-8-14/h4-8,13,15,17H,9-12H2,1-3H3/t15-/m1/s1. The number of ether oxygens (including phenoxy) is 1. The van der Waals surface area contributed by atoms with Crippen molar-refractivity contribution in [3.8, 4) is 0 Å². The molecule has 0 aliphatic rings. The van der Waals surface area contributed by atoms with Crippen LogP contribution in [0.1, 0.15) is 25.5 Å². The van der Waals surface area contributed by atoms with Crippen LogP contribution in [0.5, 0.6) is 0 Å². The fourth-order valence-electron chi connectivity index (χ4n) is 2.00. The first kappa shape index (κ1) is 18.1. The van der Waals surface area contributed by atoms with E-state index >= 15 is 0 Å². The van der Waals surface area contributed by atoms with E-state index in [1.165, 1.54) is 11.4 Å². The van der Waals surface area contributed by atoms with Gasteiger partial charge < -0.3 is 9.84 Å². The molecule has 1 atom stereocenters. The summed E-state index contributed by atoms with van der Waals surface area (Å²) in [6.07, 6.45) is -0.831. The molecule has 1 aromatic rings. The molecule has 0 saturated heterocycles. The quantitative estimate of drug-likeness (QED) is 0.752. The topological polar surface area (TPSA) is 66.8 Å². The average molecular weight is 315 g/mol. The van der Waals surface area contributed by atoms with Crippen LogP contribution < -0.4 is 0 Å². The number of rotatable bonds is 9. The second-order valence-corrected chi connectivity index (χ2v) is 7.53. The zero-order chi connectivity index (χ0) is 15.9. The molecule has 6 heteroatoms. The maximum absolute atomic E-state index is 12.3. The Kier molecular flexibility index (Phi) is 7.31. The minimum atomic E-state index is -3.43. The van der Waals surface area contributed by atoms with Gasteiger partial charge in [-0.2, -0.15) is 4.31 Å². The van der Waals surface area contributed by atoms with Crippen molar-refractivity contribution < 1.29 is 18.3 Å². The molecule has 0 spiro atoms. The Morgan fingerprint density at radius 3 is 2.33 bits per heavy atom. The number of benzene rings is 1. The van der Waals surface area contributed by atoms with E-state index in [1.807, 2.05) is 32.0 Å². The van der Waals surface area contributed by atoms with E-state index in [2.05, 4.69) is 0 Å². The van der Waals surface area contributed by atoms with E-state index in [4.69, 9.17) is 4.74 Å². The Morgan fingerprint density at radius 1 is 1.19 bits per heavy atom. The van der Waals surface area contributed by atoms with Gasteiger partial charge in [-0.1, -0.05) is 44.2 Å². The number of nitrogens with zero attached hydrogens (tertiary/aromatic N) is 1. The van der Waals surface area contributed by atoms with Crippen molar-refractivity contribution >= 4 is 10.0 Å². The molecule has 0 saturated carbocycles. The van der Waals surface area contributed by atoms with E-state index in [9.17, 15) is 13.5 Å². The lowest BCUT2D eigenvalue weighted by Gasteiger charge is -2.26. The van der Waals surface area contributed by atoms with Crippen LogP contribution >= 0.6 is 0 Å². The Labute approximate surface area is 127 Å². The second kappa shape index (κ2) is 8.48. The lowest BCUT2D eigenvalue weighted by Crippen LogP contribution is -2.39. The molecule has 1 N–H and O–H groups in total. The number of methoxy groups -OCH3 is 1. The summed E-state index contributed by atoms with van der Waals surface area (Å²) in [5.74, 6) is 0.114. The molecule has 120 valence electrons. The highest BCUT2D eigenvalue weighted by Crippen LogP contribution is 2.17. The monoisotopic (exact) mass is 315 g/mol. The molecule has 0 aliphatic carbocycles. The van der Waals surface area contributed by atoms with Gasteiger partial charge >= 0.3 is 0 Å². The number of aliphatic hydroxyl groups is 1. The lowest BCUT2D eigenvalue weighted by molar-refractivity contribution is 0.142. The average Bonchev–Trinajstić information content (AvgIpc) is 2.45. The van der Waals surface area contributed by atoms with Crippen LogP contribution in [0.4, 0.5) is 0 Å². The Bertz CT molecular complexity index is 502. The summed E-state index contributed by atoms with van der Waals surface area (Å²) < 4.78 is 30.9. The van der Waals surface area contributed by atoms with Crippen LogP contribution in [0.25, 0.3) is 0 Å². The van der Waals surface area contributed by atoms with Crippen molar-refractivity contribution in [1.82, 2.24) is 4.31 Å². The highest BCUT2D eigenvalue weighted by Gasteiger charge is 2.25. The van der Waals surface area contributed by atoms with Gasteiger partial charge in [-0.05, 0) is 11.5 Å². The Balaban J connectivity index is 2.83. The van der Waals surface area contributed by atoms with Crippen molar-refractivity contribution in [2.24, 2.45) is 5.92 Å². The molecular formula is C15H25NO4S. The molecule has 0 heterocycles. The molecule has 0 aliphatic heterocycles. The van der Waals surface area contributed by atoms with Gasteiger partial charge in [0.1, 0.15) is 0 Å². The molecular weight excluding hydrogens is 290 g/mol. The van der Waals surface area contributed by atoms with Gasteiger partial charge in [0.15, 0.2) is 0 Å². The maximum atomic E-state index is 12.3. The van der Waals surface area contributed by atoms with E-state index in [-0.39, 0.29) is 24.8 Å². The zero-order valence-electron chi connectivity index (χ0n) is 12.9. The third kappa shape index (κ3) is 6.13. The highest BCUT2D eigenvalue weighted by atomic mass is 32.2. The van der Waals surface area contributed by atoms with Crippen molar-refractivity contribution in [1.29, 1.82) is 0 Å². The largest absolute Gasteiger partial charge is 0.387 e. The van der Waals surface area contributed by atoms with Gasteiger partial charge in [0.05, 0.1) is 18.5 Å². The third-order valence-corrected chi connectivity index (χ3v) is 4.84. The lowest BCUT2D eigenvalue weighted by atomic mass is 10.1. The predicted octanol–water partition coefficient (Wildman–Crippen LogP) is 1.65. The van der Waals surface area contributed by atoms with Crippen molar-refractivity contribution in [2.75, 3.05) is 32.6 Å². The Morgan fingerprint density at radius 2 is 1.81 bits per heavy atom. The van der Waals surface area contributed by atoms with Gasteiger partial charge in [0.25, 0.3) is 0 Å². The normalized spacial score (nSPS) is 13.8. The fraction of sp³-hybridized carbons (Fsp3) is 0.600. The van der Waals surface area contributed by atoms with Gasteiger partial charge in [0, 0.05) is 20.2 Å². The predicted molar refractivity (Wildman–Crippen MR) is 83.5 cm³/mol. The summed E-state index contributed by atoms with van der Waals surface area (Å²) >= 11 is 0. The van der Waals surface area contributed by atoms with Gasteiger partial charge in [-0.25, -0.2) is 8.42 Å². The smallest absolute Gasteiger partial charge is 0.216 e. The molecule has 0 bridgehead atoms. The van der Waals surface area contributed by atoms with Gasteiger partial charge in [0.2, 0.25) is 10.0 Å². The second-order valence-electron chi connectivity index (χ2n) is 5.45. The van der Waals surface area contributed by atoms with Crippen LogP contribution in [-0.4, -0.2) is 50.4 Å². The minimum Gasteiger partial charge on any atom is -0.387 e. The van der Waals surface area contributed by atoms with Crippen molar-refractivity contribution in [3.05, 3.63) is 35.9 Å². The minimum absolute atomic E-state index is 0.0637. The number of hydrogen-bond acceptors (Lipinski definition) is 4. The SMILES string of the molecule is COCCS(=O)(=O)N(CC(C)C)C[C@@H](O)c1ccccc1. The molecule has 21 heavy (non-hydrogen) atoms. The maximum Gasteiger partial charge on any atom is 0.216 e. The van der Waals surface area contributed by atoms with Crippen LogP contribution in [0.15, 0.2) is 30.3 Å². The first-order valence-electron chi connectivity index (χ1n) is 7.06. The van der Waals surface area contributed by atoms with E-state index < -0.39 is 16.1 Å². The first-order chi connectivity index (χ1) is 9.86. The summed E-state index contributed by atoms with van der Waals surface area (Å²) in [7, 11) is -1.96. The molecule has 0 aromatic heterocycles. The molecule has 5 nitrogen and oxygen atoms in total. The van der Waals surface area contributed by atoms with Gasteiger partial charge in [-0.15, -0.1) is 0 Å². The summed E-state index contributed by atoms with van der Waals surface area (Å²) in [5, 5.41) is 10.3. The van der Waals surface area contributed by atoms with Crippen molar-refractivity contribution in [3.63, 3.8) is 0 Å². The first-order valence-corrected chi connectivity index (χ1v) is 8.67. The van der Waals surface area contributed by atoms with Crippen LogP contribution in [0.2, 0.25) is 0 Å². The van der Waals surface area contributed by atoms with Crippen LogP contribution in [0, 0.1) is 5.92 Å². The molecule has 1 rings (SSSR count). The third-order valence-electron chi connectivity index (χ3n) is 3.07. The highest BCUT2D eigenvalue weighted by molar-refractivity contribution is 7.89. The Hall–Kier alpha value is -0.950. The molecule has 1 aromatic carbocycles.